The van der Waals surface area contributed by atoms with Gasteiger partial charge in [-0.1, -0.05) is 45.0 Å². The standard InChI is InChI=1S/C21H27F3N4O2/c1-20(2,3)15-7-5-14(6-8-15)13-17(29)27-11-9-16(10-12-27)28-19(30)26(4)18(25-28)21(22,23)24/h5-8,16H,9-13H2,1-4H3. The molecule has 0 aliphatic carbocycles. The largest absolute Gasteiger partial charge is 0.451 e. The predicted molar refractivity (Wildman–Crippen MR) is 106 cm³/mol. The number of benzene rings is 1. The highest BCUT2D eigenvalue weighted by Gasteiger charge is 2.39. The highest BCUT2D eigenvalue weighted by atomic mass is 19.4. The molecule has 164 valence electrons. The number of halogens is 3. The summed E-state index contributed by atoms with van der Waals surface area (Å²) in [6, 6.07) is 7.52. The summed E-state index contributed by atoms with van der Waals surface area (Å²) in [5.41, 5.74) is 1.37. The molecule has 1 amide bonds. The highest BCUT2D eigenvalue weighted by Crippen LogP contribution is 2.28. The van der Waals surface area contributed by atoms with E-state index in [0.717, 1.165) is 17.3 Å². The van der Waals surface area contributed by atoms with Gasteiger partial charge in [0.05, 0.1) is 12.5 Å². The fourth-order valence-electron chi connectivity index (χ4n) is 3.71. The van der Waals surface area contributed by atoms with Gasteiger partial charge in [0.2, 0.25) is 11.7 Å². The van der Waals surface area contributed by atoms with Gasteiger partial charge in [0, 0.05) is 20.1 Å². The molecule has 2 aromatic rings. The lowest BCUT2D eigenvalue weighted by atomic mass is 9.86. The number of amides is 1. The van der Waals surface area contributed by atoms with Crippen molar-refractivity contribution in [2.75, 3.05) is 13.1 Å². The summed E-state index contributed by atoms with van der Waals surface area (Å²) in [5.74, 6) is -1.23. The molecule has 1 aromatic carbocycles. The van der Waals surface area contributed by atoms with Crippen molar-refractivity contribution in [3.05, 3.63) is 51.7 Å². The number of alkyl halides is 3. The van der Waals surface area contributed by atoms with E-state index in [2.05, 4.69) is 25.9 Å². The van der Waals surface area contributed by atoms with Crippen molar-refractivity contribution in [2.24, 2.45) is 7.05 Å². The second-order valence-corrected chi connectivity index (χ2v) is 8.84. The number of hydrogen-bond donors (Lipinski definition) is 0. The van der Waals surface area contributed by atoms with Crippen LogP contribution in [0.2, 0.25) is 0 Å². The topological polar surface area (TPSA) is 60.1 Å². The van der Waals surface area contributed by atoms with Crippen LogP contribution in [0.15, 0.2) is 29.1 Å². The van der Waals surface area contributed by atoms with Crippen molar-refractivity contribution >= 4 is 5.91 Å². The van der Waals surface area contributed by atoms with Crippen LogP contribution in [0.25, 0.3) is 0 Å². The maximum atomic E-state index is 13.0. The van der Waals surface area contributed by atoms with Gasteiger partial charge in [0.25, 0.3) is 0 Å². The van der Waals surface area contributed by atoms with Crippen molar-refractivity contribution in [2.45, 2.75) is 57.7 Å². The Kier molecular flexibility index (Phi) is 5.84. The van der Waals surface area contributed by atoms with E-state index in [1.807, 2.05) is 24.3 Å². The van der Waals surface area contributed by atoms with Crippen LogP contribution in [-0.4, -0.2) is 38.2 Å². The van der Waals surface area contributed by atoms with Crippen LogP contribution in [0.4, 0.5) is 13.2 Å². The first-order valence-corrected chi connectivity index (χ1v) is 9.98. The zero-order valence-electron chi connectivity index (χ0n) is 17.7. The van der Waals surface area contributed by atoms with Crippen molar-refractivity contribution in [3.8, 4) is 0 Å². The van der Waals surface area contributed by atoms with Crippen LogP contribution in [0.5, 0.6) is 0 Å². The first-order valence-electron chi connectivity index (χ1n) is 9.98. The van der Waals surface area contributed by atoms with Gasteiger partial charge in [-0.3, -0.25) is 9.36 Å². The van der Waals surface area contributed by atoms with Crippen molar-refractivity contribution in [3.63, 3.8) is 0 Å². The Morgan fingerprint density at radius 3 is 2.13 bits per heavy atom. The van der Waals surface area contributed by atoms with Crippen LogP contribution in [0, 0.1) is 0 Å². The summed E-state index contributed by atoms with van der Waals surface area (Å²) < 4.78 is 40.4. The Hall–Kier alpha value is -2.58. The lowest BCUT2D eigenvalue weighted by Crippen LogP contribution is -2.41. The zero-order chi connectivity index (χ0) is 22.3. The molecule has 1 aliphatic heterocycles. The van der Waals surface area contributed by atoms with Crippen LogP contribution in [0.1, 0.15) is 56.6 Å². The van der Waals surface area contributed by atoms with Gasteiger partial charge < -0.3 is 4.90 Å². The fourth-order valence-corrected chi connectivity index (χ4v) is 3.71. The van der Waals surface area contributed by atoms with Gasteiger partial charge in [0.15, 0.2) is 0 Å². The highest BCUT2D eigenvalue weighted by molar-refractivity contribution is 5.78. The van der Waals surface area contributed by atoms with Crippen LogP contribution in [0.3, 0.4) is 0 Å². The third-order valence-corrected chi connectivity index (χ3v) is 5.59. The molecule has 0 radical (unpaired) electrons. The molecular formula is C21H27F3N4O2. The minimum atomic E-state index is -4.68. The van der Waals surface area contributed by atoms with Gasteiger partial charge in [-0.15, -0.1) is 5.10 Å². The normalized spacial score (nSPS) is 16.2. The summed E-state index contributed by atoms with van der Waals surface area (Å²) in [7, 11) is 1.07. The molecule has 1 aliphatic rings. The van der Waals surface area contributed by atoms with Crippen LogP contribution in [-0.2, 0) is 29.9 Å². The molecule has 1 saturated heterocycles. The van der Waals surface area contributed by atoms with E-state index in [1.165, 1.54) is 5.56 Å². The first kappa shape index (κ1) is 22.1. The van der Waals surface area contributed by atoms with Crippen molar-refractivity contribution in [1.29, 1.82) is 0 Å². The van der Waals surface area contributed by atoms with Gasteiger partial charge in [-0.25, -0.2) is 9.48 Å². The molecule has 0 bridgehead atoms. The molecule has 2 heterocycles. The molecule has 1 aromatic heterocycles. The second-order valence-electron chi connectivity index (χ2n) is 8.84. The Balaban J connectivity index is 1.62. The molecule has 0 unspecified atom stereocenters. The van der Waals surface area contributed by atoms with Gasteiger partial charge in [-0.05, 0) is 29.4 Å². The van der Waals surface area contributed by atoms with Crippen molar-refractivity contribution < 1.29 is 18.0 Å². The second kappa shape index (κ2) is 7.92. The number of carbonyl (C=O) groups is 1. The molecular weight excluding hydrogens is 397 g/mol. The van der Waals surface area contributed by atoms with E-state index in [-0.39, 0.29) is 17.7 Å². The van der Waals surface area contributed by atoms with Gasteiger partial charge in [-0.2, -0.15) is 13.2 Å². The van der Waals surface area contributed by atoms with Gasteiger partial charge >= 0.3 is 11.9 Å². The van der Waals surface area contributed by atoms with E-state index in [4.69, 9.17) is 0 Å². The van der Waals surface area contributed by atoms with Crippen molar-refractivity contribution in [1.82, 2.24) is 19.2 Å². The van der Waals surface area contributed by atoms with Crippen LogP contribution >= 0.6 is 0 Å². The average molecular weight is 424 g/mol. The Bertz CT molecular complexity index is 960. The Labute approximate surface area is 173 Å². The quantitative estimate of drug-likeness (QED) is 0.760. The summed E-state index contributed by atoms with van der Waals surface area (Å²) in [5, 5.41) is 3.51. The molecule has 0 atom stereocenters. The molecule has 6 nitrogen and oxygen atoms in total. The molecule has 9 heteroatoms. The first-order chi connectivity index (χ1) is 13.9. The summed E-state index contributed by atoms with van der Waals surface area (Å²) in [4.78, 5) is 26.5. The van der Waals surface area contributed by atoms with Gasteiger partial charge in [0.1, 0.15) is 0 Å². The van der Waals surface area contributed by atoms with E-state index < -0.39 is 23.7 Å². The lowest BCUT2D eigenvalue weighted by molar-refractivity contribution is -0.147. The number of hydrogen-bond acceptors (Lipinski definition) is 3. The molecule has 0 spiro atoms. The molecule has 3 rings (SSSR count). The number of aromatic nitrogens is 3. The molecule has 30 heavy (non-hydrogen) atoms. The lowest BCUT2D eigenvalue weighted by Gasteiger charge is -2.31. The monoisotopic (exact) mass is 424 g/mol. The summed E-state index contributed by atoms with van der Waals surface area (Å²) >= 11 is 0. The van der Waals surface area contributed by atoms with E-state index in [1.54, 1.807) is 4.90 Å². The van der Waals surface area contributed by atoms with E-state index in [9.17, 15) is 22.8 Å². The zero-order valence-corrected chi connectivity index (χ0v) is 17.7. The van der Waals surface area contributed by atoms with E-state index >= 15 is 0 Å². The summed E-state index contributed by atoms with van der Waals surface area (Å²) in [6.07, 6.45) is -3.62. The maximum Gasteiger partial charge on any atom is 0.451 e. The Morgan fingerprint density at radius 1 is 1.10 bits per heavy atom. The molecule has 1 fully saturated rings. The average Bonchev–Trinajstić information content (AvgIpc) is 2.97. The van der Waals surface area contributed by atoms with Crippen LogP contribution < -0.4 is 5.69 Å². The van der Waals surface area contributed by atoms with E-state index in [0.29, 0.717) is 30.5 Å². The third kappa shape index (κ3) is 4.60. The number of rotatable bonds is 3. The maximum absolute atomic E-state index is 13.0. The minimum absolute atomic E-state index is 0.0266. The smallest absolute Gasteiger partial charge is 0.342 e. The molecule has 0 saturated carbocycles. The minimum Gasteiger partial charge on any atom is -0.342 e. The SMILES string of the molecule is Cn1c(C(F)(F)F)nn(C2CCN(C(=O)Cc3ccc(C(C)(C)C)cc3)CC2)c1=O. The number of piperidine rings is 1. The number of carbonyl (C=O) groups excluding carboxylic acids is 1. The molecule has 0 N–H and O–H groups in total. The number of nitrogens with zero attached hydrogens (tertiary/aromatic N) is 4. The fraction of sp³-hybridized carbons (Fsp3) is 0.571. The number of likely N-dealkylation sites (tertiary alicyclic amines) is 1. The Morgan fingerprint density at radius 2 is 1.67 bits per heavy atom. The summed E-state index contributed by atoms with van der Waals surface area (Å²) in [6.45, 7) is 7.15. The predicted octanol–water partition coefficient (Wildman–Crippen LogP) is 3.30. The third-order valence-electron chi connectivity index (χ3n) is 5.59.